The van der Waals surface area contributed by atoms with E-state index in [9.17, 15) is 5.26 Å². The van der Waals surface area contributed by atoms with Crippen LogP contribution in [0, 0.1) is 11.3 Å². The van der Waals surface area contributed by atoms with Gasteiger partial charge in [0, 0.05) is 10.0 Å². The SMILES string of the molecule is COc1ccc2cc(Br)ccc2c1/C=C(\C#N)c1nc2ccccc2[nH]1. The number of rotatable bonds is 3. The Morgan fingerprint density at radius 1 is 1.19 bits per heavy atom. The van der Waals surface area contributed by atoms with E-state index in [0.717, 1.165) is 31.8 Å². The highest BCUT2D eigenvalue weighted by Crippen LogP contribution is 2.33. The fourth-order valence-corrected chi connectivity index (χ4v) is 3.39. The van der Waals surface area contributed by atoms with Gasteiger partial charge in [-0.05, 0) is 47.2 Å². The molecule has 0 aliphatic rings. The molecule has 5 heteroatoms. The molecule has 0 aliphatic carbocycles. The van der Waals surface area contributed by atoms with Crippen molar-refractivity contribution in [2.75, 3.05) is 7.11 Å². The third-order valence-electron chi connectivity index (χ3n) is 4.26. The van der Waals surface area contributed by atoms with Gasteiger partial charge in [0.15, 0.2) is 0 Å². The van der Waals surface area contributed by atoms with Crippen molar-refractivity contribution in [1.29, 1.82) is 5.26 Å². The van der Waals surface area contributed by atoms with E-state index < -0.39 is 0 Å². The topological polar surface area (TPSA) is 61.7 Å². The summed E-state index contributed by atoms with van der Waals surface area (Å²) in [6.07, 6.45) is 1.83. The van der Waals surface area contributed by atoms with E-state index in [1.165, 1.54) is 0 Å². The number of hydrogen-bond donors (Lipinski definition) is 1. The molecule has 0 radical (unpaired) electrons. The fraction of sp³-hybridized carbons (Fsp3) is 0.0476. The minimum atomic E-state index is 0.454. The predicted molar refractivity (Wildman–Crippen MR) is 108 cm³/mol. The standard InChI is InChI=1S/C21H14BrN3O/c1-26-20-9-6-13-10-15(22)7-8-16(13)17(20)11-14(12-23)21-24-18-4-2-3-5-19(18)25-21/h2-11H,1H3,(H,24,25)/b14-11+. The molecule has 0 atom stereocenters. The number of ether oxygens (including phenoxy) is 1. The maximum absolute atomic E-state index is 9.72. The summed E-state index contributed by atoms with van der Waals surface area (Å²) in [7, 11) is 1.63. The number of nitrogens with zero attached hydrogens (tertiary/aromatic N) is 2. The van der Waals surface area contributed by atoms with Crippen LogP contribution in [-0.4, -0.2) is 17.1 Å². The summed E-state index contributed by atoms with van der Waals surface area (Å²) in [6.45, 7) is 0. The third-order valence-corrected chi connectivity index (χ3v) is 4.75. The third kappa shape index (κ3) is 2.85. The number of benzene rings is 3. The zero-order valence-corrected chi connectivity index (χ0v) is 15.5. The molecule has 4 nitrogen and oxygen atoms in total. The van der Waals surface area contributed by atoms with Gasteiger partial charge < -0.3 is 9.72 Å². The van der Waals surface area contributed by atoms with Gasteiger partial charge in [-0.2, -0.15) is 5.26 Å². The second-order valence-corrected chi connectivity index (χ2v) is 6.74. The van der Waals surface area contributed by atoms with Crippen LogP contribution in [0.4, 0.5) is 0 Å². The van der Waals surface area contributed by atoms with Crippen molar-refractivity contribution in [2.45, 2.75) is 0 Å². The molecule has 0 saturated heterocycles. The Kier molecular flexibility index (Phi) is 4.19. The van der Waals surface area contributed by atoms with Crippen molar-refractivity contribution in [3.05, 3.63) is 70.5 Å². The maximum Gasteiger partial charge on any atom is 0.149 e. The Labute approximate surface area is 158 Å². The van der Waals surface area contributed by atoms with Gasteiger partial charge in [0.2, 0.25) is 0 Å². The quantitative estimate of drug-likeness (QED) is 0.456. The lowest BCUT2D eigenvalue weighted by Gasteiger charge is -2.10. The van der Waals surface area contributed by atoms with Crippen molar-refractivity contribution in [3.8, 4) is 11.8 Å². The molecule has 1 aromatic heterocycles. The number of halogens is 1. The molecule has 1 N–H and O–H groups in total. The summed E-state index contributed by atoms with van der Waals surface area (Å²) < 4.78 is 6.53. The monoisotopic (exact) mass is 403 g/mol. The highest BCUT2D eigenvalue weighted by molar-refractivity contribution is 9.10. The first-order chi connectivity index (χ1) is 12.7. The van der Waals surface area contributed by atoms with Gasteiger partial charge in [-0.25, -0.2) is 4.98 Å². The van der Waals surface area contributed by atoms with Crippen LogP contribution in [0.2, 0.25) is 0 Å². The van der Waals surface area contributed by atoms with Crippen molar-refractivity contribution >= 4 is 49.4 Å². The molecule has 4 rings (SSSR count). The van der Waals surface area contributed by atoms with E-state index in [2.05, 4.69) is 32.0 Å². The van der Waals surface area contributed by atoms with Crippen LogP contribution >= 0.6 is 15.9 Å². The number of nitriles is 1. The molecule has 3 aromatic carbocycles. The highest BCUT2D eigenvalue weighted by Gasteiger charge is 2.12. The van der Waals surface area contributed by atoms with Crippen molar-refractivity contribution in [3.63, 3.8) is 0 Å². The highest BCUT2D eigenvalue weighted by atomic mass is 79.9. The average Bonchev–Trinajstić information content (AvgIpc) is 3.09. The molecule has 0 unspecified atom stereocenters. The van der Waals surface area contributed by atoms with Crippen LogP contribution in [0.15, 0.2) is 59.1 Å². The first kappa shape index (κ1) is 16.4. The van der Waals surface area contributed by atoms with Crippen LogP contribution in [-0.2, 0) is 0 Å². The normalized spacial score (nSPS) is 11.7. The summed E-state index contributed by atoms with van der Waals surface area (Å²) in [6, 6.07) is 19.9. The average molecular weight is 404 g/mol. The lowest BCUT2D eigenvalue weighted by Crippen LogP contribution is -1.91. The van der Waals surface area contributed by atoms with E-state index in [-0.39, 0.29) is 0 Å². The molecule has 0 aliphatic heterocycles. The second-order valence-electron chi connectivity index (χ2n) is 5.82. The first-order valence-corrected chi connectivity index (χ1v) is 8.82. The van der Waals surface area contributed by atoms with Crippen molar-refractivity contribution in [2.24, 2.45) is 0 Å². The Morgan fingerprint density at radius 3 is 2.81 bits per heavy atom. The predicted octanol–water partition coefficient (Wildman–Crippen LogP) is 5.55. The summed E-state index contributed by atoms with van der Waals surface area (Å²) >= 11 is 3.50. The number of para-hydroxylation sites is 2. The van der Waals surface area contributed by atoms with Gasteiger partial charge in [-0.3, -0.25) is 0 Å². The largest absolute Gasteiger partial charge is 0.496 e. The van der Waals surface area contributed by atoms with Gasteiger partial charge >= 0.3 is 0 Å². The Hall–Kier alpha value is -3.10. The molecule has 4 aromatic rings. The zero-order chi connectivity index (χ0) is 18.1. The smallest absolute Gasteiger partial charge is 0.149 e. The minimum absolute atomic E-state index is 0.454. The van der Waals surface area contributed by atoms with Crippen LogP contribution in [0.3, 0.4) is 0 Å². The number of imidazole rings is 1. The number of aromatic nitrogens is 2. The van der Waals surface area contributed by atoms with E-state index in [1.54, 1.807) is 7.11 Å². The van der Waals surface area contributed by atoms with Crippen LogP contribution in [0.1, 0.15) is 11.4 Å². The molecule has 0 saturated carbocycles. The maximum atomic E-state index is 9.72. The minimum Gasteiger partial charge on any atom is -0.496 e. The van der Waals surface area contributed by atoms with Crippen LogP contribution in [0.5, 0.6) is 5.75 Å². The van der Waals surface area contributed by atoms with Crippen molar-refractivity contribution in [1.82, 2.24) is 9.97 Å². The van der Waals surface area contributed by atoms with Crippen LogP contribution in [0.25, 0.3) is 33.5 Å². The van der Waals surface area contributed by atoms with E-state index in [1.807, 2.05) is 60.7 Å². The van der Waals surface area contributed by atoms with Gasteiger partial charge in [0.05, 0.1) is 23.7 Å². The summed E-state index contributed by atoms with van der Waals surface area (Å²) in [5.74, 6) is 1.26. The molecule has 1 heterocycles. The van der Waals surface area contributed by atoms with Gasteiger partial charge in [0.1, 0.15) is 17.6 Å². The molecular weight excluding hydrogens is 390 g/mol. The summed E-state index contributed by atoms with van der Waals surface area (Å²) in [5.41, 5.74) is 3.04. The number of aromatic amines is 1. The van der Waals surface area contributed by atoms with E-state index >= 15 is 0 Å². The van der Waals surface area contributed by atoms with Gasteiger partial charge in [-0.15, -0.1) is 0 Å². The van der Waals surface area contributed by atoms with E-state index in [4.69, 9.17) is 4.74 Å². The molecule has 126 valence electrons. The Balaban J connectivity index is 1.94. The number of methoxy groups -OCH3 is 1. The Bertz CT molecular complexity index is 1170. The summed E-state index contributed by atoms with van der Waals surface area (Å²) in [5, 5.41) is 11.8. The first-order valence-electron chi connectivity index (χ1n) is 8.03. The molecular formula is C21H14BrN3O. The number of nitrogens with one attached hydrogen (secondary N) is 1. The zero-order valence-electron chi connectivity index (χ0n) is 14.0. The fourth-order valence-electron chi connectivity index (χ4n) is 3.01. The number of hydrogen-bond acceptors (Lipinski definition) is 3. The van der Waals surface area contributed by atoms with Gasteiger partial charge in [-0.1, -0.05) is 40.2 Å². The molecule has 0 bridgehead atoms. The number of allylic oxidation sites excluding steroid dienone is 1. The van der Waals surface area contributed by atoms with Crippen molar-refractivity contribution < 1.29 is 4.74 Å². The van der Waals surface area contributed by atoms with Gasteiger partial charge in [0.25, 0.3) is 0 Å². The van der Waals surface area contributed by atoms with Crippen LogP contribution < -0.4 is 4.74 Å². The van der Waals surface area contributed by atoms with E-state index in [0.29, 0.717) is 17.1 Å². The lowest BCUT2D eigenvalue weighted by atomic mass is 10.0. The lowest BCUT2D eigenvalue weighted by molar-refractivity contribution is 0.414. The molecule has 0 fully saturated rings. The number of H-pyrrole nitrogens is 1. The summed E-state index contributed by atoms with van der Waals surface area (Å²) in [4.78, 5) is 7.75. The second kappa shape index (κ2) is 6.66. The number of fused-ring (bicyclic) bond motifs is 2. The molecule has 0 amide bonds. The molecule has 26 heavy (non-hydrogen) atoms. The Morgan fingerprint density at radius 2 is 2.04 bits per heavy atom. The molecule has 0 spiro atoms.